The van der Waals surface area contributed by atoms with Gasteiger partial charge in [0, 0.05) is 13.5 Å². The fourth-order valence-electron chi connectivity index (χ4n) is 4.33. The number of carbonyl (C=O) groups excluding carboxylic acids is 1. The summed E-state index contributed by atoms with van der Waals surface area (Å²) in [5, 5.41) is 0. The summed E-state index contributed by atoms with van der Waals surface area (Å²) in [7, 11) is 0. The lowest BCUT2D eigenvalue weighted by molar-refractivity contribution is -0.142. The first-order chi connectivity index (χ1) is 22.8. The van der Waals surface area contributed by atoms with E-state index in [-0.39, 0.29) is 12.6 Å². The maximum absolute atomic E-state index is 10.6. The Morgan fingerprint density at radius 3 is 0.783 bits per heavy atom. The molecule has 0 N–H and O–H groups in total. The largest absolute Gasteiger partial charge is 0.463 e. The SMILES string of the molecule is CCCCCCCCCCCCCCCOCCOCCOCCOCCOCCOCCOCCOCCOCCOC(C)=O. The molecule has 0 rings (SSSR count). The molecule has 0 spiro atoms. The first kappa shape index (κ1) is 45.1. The Morgan fingerprint density at radius 1 is 0.304 bits per heavy atom. The molecule has 0 bridgehead atoms. The topological polar surface area (TPSA) is 109 Å². The third-order valence-electron chi connectivity index (χ3n) is 6.90. The van der Waals surface area contributed by atoms with Gasteiger partial charge in [-0.05, 0) is 6.42 Å². The van der Waals surface area contributed by atoms with Crippen LogP contribution in [0.5, 0.6) is 0 Å². The number of esters is 1. The predicted molar refractivity (Wildman–Crippen MR) is 180 cm³/mol. The van der Waals surface area contributed by atoms with Gasteiger partial charge in [-0.15, -0.1) is 0 Å². The van der Waals surface area contributed by atoms with Crippen LogP contribution in [0.15, 0.2) is 0 Å². The highest BCUT2D eigenvalue weighted by Crippen LogP contribution is 2.12. The van der Waals surface area contributed by atoms with Gasteiger partial charge in [0.25, 0.3) is 0 Å². The normalized spacial score (nSPS) is 11.4. The molecule has 0 heterocycles. The zero-order valence-corrected chi connectivity index (χ0v) is 29.6. The zero-order chi connectivity index (χ0) is 33.3. The average Bonchev–Trinajstić information content (AvgIpc) is 3.05. The Morgan fingerprint density at radius 2 is 0.522 bits per heavy atom. The lowest BCUT2D eigenvalue weighted by Gasteiger charge is -2.09. The van der Waals surface area contributed by atoms with Crippen molar-refractivity contribution in [2.75, 3.05) is 126 Å². The van der Waals surface area contributed by atoms with E-state index in [1.165, 1.54) is 84.0 Å². The van der Waals surface area contributed by atoms with Gasteiger partial charge in [0.2, 0.25) is 0 Å². The molecule has 46 heavy (non-hydrogen) atoms. The van der Waals surface area contributed by atoms with E-state index >= 15 is 0 Å². The van der Waals surface area contributed by atoms with E-state index < -0.39 is 0 Å². The molecule has 0 amide bonds. The fraction of sp³-hybridized carbons (Fsp3) is 0.971. The van der Waals surface area contributed by atoms with Crippen molar-refractivity contribution >= 4 is 5.97 Å². The third-order valence-corrected chi connectivity index (χ3v) is 6.90. The molecule has 276 valence electrons. The number of hydrogen-bond acceptors (Lipinski definition) is 11. The minimum atomic E-state index is -0.306. The highest BCUT2D eigenvalue weighted by atomic mass is 16.6. The summed E-state index contributed by atoms with van der Waals surface area (Å²) >= 11 is 0. The van der Waals surface area contributed by atoms with Crippen LogP contribution in [-0.4, -0.2) is 132 Å². The summed E-state index contributed by atoms with van der Waals surface area (Å²) in [5.74, 6) is -0.306. The first-order valence-corrected chi connectivity index (χ1v) is 18.1. The number of unbranched alkanes of at least 4 members (excludes halogenated alkanes) is 12. The van der Waals surface area contributed by atoms with Gasteiger partial charge in [-0.25, -0.2) is 0 Å². The van der Waals surface area contributed by atoms with Crippen molar-refractivity contribution in [1.82, 2.24) is 0 Å². The molecule has 0 aliphatic heterocycles. The number of hydrogen-bond donors (Lipinski definition) is 0. The number of carbonyl (C=O) groups is 1. The molecule has 0 fully saturated rings. The molecule has 0 saturated heterocycles. The van der Waals surface area contributed by atoms with E-state index in [1.807, 2.05) is 0 Å². The summed E-state index contributed by atoms with van der Waals surface area (Å²) in [6, 6.07) is 0. The standard InChI is InChI=1S/C35H70O11/c1-3-4-5-6-7-8-9-10-11-12-13-14-15-16-37-17-18-38-19-20-39-21-22-40-23-24-41-25-26-42-27-28-43-29-30-44-31-32-45-33-34-46-35(2)36/h3-34H2,1-2H3. The molecular weight excluding hydrogens is 596 g/mol. The summed E-state index contributed by atoms with van der Waals surface area (Å²) in [5.41, 5.74) is 0. The van der Waals surface area contributed by atoms with Crippen LogP contribution in [0.25, 0.3) is 0 Å². The van der Waals surface area contributed by atoms with Crippen LogP contribution in [-0.2, 0) is 52.2 Å². The van der Waals surface area contributed by atoms with Crippen molar-refractivity contribution in [3.63, 3.8) is 0 Å². The molecule has 0 aromatic carbocycles. The van der Waals surface area contributed by atoms with Crippen LogP contribution < -0.4 is 0 Å². The van der Waals surface area contributed by atoms with E-state index in [4.69, 9.17) is 47.4 Å². The zero-order valence-electron chi connectivity index (χ0n) is 29.6. The molecule has 0 aromatic heterocycles. The molecule has 11 nitrogen and oxygen atoms in total. The van der Waals surface area contributed by atoms with Gasteiger partial charge in [-0.1, -0.05) is 84.0 Å². The van der Waals surface area contributed by atoms with Crippen molar-refractivity contribution in [2.24, 2.45) is 0 Å². The molecule has 0 saturated carbocycles. The van der Waals surface area contributed by atoms with Gasteiger partial charge in [0.15, 0.2) is 0 Å². The second-order valence-electron chi connectivity index (χ2n) is 11.1. The summed E-state index contributed by atoms with van der Waals surface area (Å²) in [6.07, 6.45) is 17.8. The van der Waals surface area contributed by atoms with E-state index in [0.29, 0.717) is 112 Å². The molecule has 0 radical (unpaired) electrons. The maximum Gasteiger partial charge on any atom is 0.302 e. The average molecular weight is 667 g/mol. The Labute approximate surface area is 280 Å². The van der Waals surface area contributed by atoms with Gasteiger partial charge in [0.1, 0.15) is 6.61 Å². The molecule has 0 unspecified atom stereocenters. The quantitative estimate of drug-likeness (QED) is 0.0584. The van der Waals surface area contributed by atoms with Crippen LogP contribution in [0.1, 0.15) is 97.3 Å². The third kappa shape index (κ3) is 43.1. The van der Waals surface area contributed by atoms with Gasteiger partial charge < -0.3 is 47.4 Å². The lowest BCUT2D eigenvalue weighted by atomic mass is 10.0. The van der Waals surface area contributed by atoms with E-state index in [0.717, 1.165) is 13.0 Å². The lowest BCUT2D eigenvalue weighted by Crippen LogP contribution is -2.15. The van der Waals surface area contributed by atoms with Crippen molar-refractivity contribution in [3.05, 3.63) is 0 Å². The Bertz CT molecular complexity index is 569. The number of rotatable bonds is 41. The van der Waals surface area contributed by atoms with Gasteiger partial charge >= 0.3 is 5.97 Å². The Balaban J connectivity index is 3.04. The molecule has 11 heteroatoms. The summed E-state index contributed by atoms with van der Waals surface area (Å²) in [4.78, 5) is 10.6. The minimum absolute atomic E-state index is 0.264. The smallest absolute Gasteiger partial charge is 0.302 e. The highest BCUT2D eigenvalue weighted by Gasteiger charge is 1.98. The van der Waals surface area contributed by atoms with Crippen molar-refractivity contribution in [1.29, 1.82) is 0 Å². The van der Waals surface area contributed by atoms with Crippen LogP contribution in [0.3, 0.4) is 0 Å². The summed E-state index contributed by atoms with van der Waals surface area (Å²) < 4.78 is 54.0. The van der Waals surface area contributed by atoms with Crippen molar-refractivity contribution in [2.45, 2.75) is 97.3 Å². The summed E-state index contributed by atoms with van der Waals surface area (Å²) in [6.45, 7) is 13.6. The van der Waals surface area contributed by atoms with Crippen LogP contribution in [0.4, 0.5) is 0 Å². The first-order valence-electron chi connectivity index (χ1n) is 18.1. The van der Waals surface area contributed by atoms with E-state index in [9.17, 15) is 4.79 Å². The predicted octanol–water partition coefficient (Wildman–Crippen LogP) is 5.79. The molecule has 0 aliphatic carbocycles. The van der Waals surface area contributed by atoms with E-state index in [2.05, 4.69) is 6.92 Å². The van der Waals surface area contributed by atoms with Gasteiger partial charge in [-0.3, -0.25) is 4.79 Å². The van der Waals surface area contributed by atoms with Crippen LogP contribution in [0.2, 0.25) is 0 Å². The highest BCUT2D eigenvalue weighted by molar-refractivity contribution is 5.65. The van der Waals surface area contributed by atoms with Crippen LogP contribution >= 0.6 is 0 Å². The second kappa shape index (κ2) is 42.1. The second-order valence-corrected chi connectivity index (χ2v) is 11.1. The van der Waals surface area contributed by atoms with Crippen LogP contribution in [0, 0.1) is 0 Å². The van der Waals surface area contributed by atoms with Gasteiger partial charge in [-0.2, -0.15) is 0 Å². The van der Waals surface area contributed by atoms with Crippen molar-refractivity contribution < 1.29 is 52.2 Å². The van der Waals surface area contributed by atoms with E-state index in [1.54, 1.807) is 0 Å². The fourth-order valence-corrected chi connectivity index (χ4v) is 4.33. The maximum atomic E-state index is 10.6. The Kier molecular flexibility index (Phi) is 41.3. The number of ether oxygens (including phenoxy) is 10. The molecule has 0 atom stereocenters. The molecular formula is C35H70O11. The van der Waals surface area contributed by atoms with Crippen molar-refractivity contribution in [3.8, 4) is 0 Å². The van der Waals surface area contributed by atoms with Gasteiger partial charge in [0.05, 0.1) is 112 Å². The Hall–Kier alpha value is -0.890. The molecule has 0 aromatic rings. The monoisotopic (exact) mass is 666 g/mol. The minimum Gasteiger partial charge on any atom is -0.463 e. The molecule has 0 aliphatic rings.